The predicted octanol–water partition coefficient (Wildman–Crippen LogP) is 5.50. The first-order valence-electron chi connectivity index (χ1n) is 8.51. The first-order chi connectivity index (χ1) is 13.5. The zero-order valence-corrected chi connectivity index (χ0v) is 15.1. The standard InChI is InChI=1S/C17H16F6N4O2/c1-2-3-4-5-6-7-8-24-12-10(16(18,19)20)9-11(27(28)29)13-14(12)26-15(25-13)17(21,22)23/h9,24H,2-5,8H2,1H3,(H,25,26). The van der Waals surface area contributed by atoms with Crippen LogP contribution in [0, 0.1) is 22.0 Å². The lowest BCUT2D eigenvalue weighted by Crippen LogP contribution is -2.12. The maximum Gasteiger partial charge on any atom is 0.449 e. The van der Waals surface area contributed by atoms with Crippen molar-refractivity contribution in [1.29, 1.82) is 0 Å². The van der Waals surface area contributed by atoms with E-state index in [1.54, 1.807) is 4.98 Å². The second-order valence-electron chi connectivity index (χ2n) is 6.04. The number of hydrogen-bond donors (Lipinski definition) is 2. The number of rotatable bonds is 6. The molecule has 1 heterocycles. The minimum absolute atomic E-state index is 0.178. The first-order valence-corrected chi connectivity index (χ1v) is 8.51. The number of nitro groups is 1. The number of aromatic amines is 1. The first kappa shape index (κ1) is 22.3. The van der Waals surface area contributed by atoms with Gasteiger partial charge < -0.3 is 10.3 Å². The third-order valence-corrected chi connectivity index (χ3v) is 3.90. The van der Waals surface area contributed by atoms with Gasteiger partial charge in [0, 0.05) is 12.5 Å². The summed E-state index contributed by atoms with van der Waals surface area (Å²) in [6.45, 7) is 1.70. The van der Waals surface area contributed by atoms with Gasteiger partial charge in [0.05, 0.1) is 22.7 Å². The molecular weight excluding hydrogens is 406 g/mol. The molecule has 2 N–H and O–H groups in total. The predicted molar refractivity (Wildman–Crippen MR) is 93.2 cm³/mol. The Hall–Kier alpha value is -2.97. The molecule has 2 rings (SSSR count). The van der Waals surface area contributed by atoms with Crippen LogP contribution in [0.15, 0.2) is 6.07 Å². The number of hydrogen-bond acceptors (Lipinski definition) is 4. The Morgan fingerprint density at radius 2 is 1.86 bits per heavy atom. The summed E-state index contributed by atoms with van der Waals surface area (Å²) in [5, 5.41) is 13.4. The molecule has 1 aromatic heterocycles. The van der Waals surface area contributed by atoms with E-state index in [1.165, 1.54) is 0 Å². The van der Waals surface area contributed by atoms with Gasteiger partial charge in [0.1, 0.15) is 11.0 Å². The van der Waals surface area contributed by atoms with Gasteiger partial charge in [-0.15, -0.1) is 5.92 Å². The molecule has 0 saturated carbocycles. The van der Waals surface area contributed by atoms with E-state index in [2.05, 4.69) is 22.1 Å². The number of anilines is 1. The van der Waals surface area contributed by atoms with E-state index in [0.29, 0.717) is 6.42 Å². The van der Waals surface area contributed by atoms with Gasteiger partial charge in [-0.3, -0.25) is 10.1 Å². The number of aromatic nitrogens is 2. The van der Waals surface area contributed by atoms with Crippen LogP contribution in [0.25, 0.3) is 11.0 Å². The summed E-state index contributed by atoms with van der Waals surface area (Å²) < 4.78 is 79.1. The Labute approximate surface area is 160 Å². The summed E-state index contributed by atoms with van der Waals surface area (Å²) in [5.74, 6) is 3.70. The summed E-state index contributed by atoms with van der Waals surface area (Å²) in [4.78, 5) is 14.8. The fourth-order valence-electron chi connectivity index (χ4n) is 2.58. The number of alkyl halides is 6. The molecule has 1 aromatic carbocycles. The van der Waals surface area contributed by atoms with E-state index in [-0.39, 0.29) is 12.6 Å². The SMILES string of the molecule is CCCCCC#CCNc1c(C(F)(F)F)cc([N+](=O)[O-])c2[nH]c(C(F)(F)F)nc12. The van der Waals surface area contributed by atoms with Crippen molar-refractivity contribution < 1.29 is 31.3 Å². The quantitative estimate of drug-likeness (QED) is 0.212. The van der Waals surface area contributed by atoms with Gasteiger partial charge >= 0.3 is 12.4 Å². The highest BCUT2D eigenvalue weighted by Gasteiger charge is 2.41. The lowest BCUT2D eigenvalue weighted by atomic mass is 10.1. The van der Waals surface area contributed by atoms with Crippen LogP contribution >= 0.6 is 0 Å². The molecule has 0 spiro atoms. The number of benzene rings is 1. The number of nitrogens with one attached hydrogen (secondary N) is 2. The molecule has 0 unspecified atom stereocenters. The van der Waals surface area contributed by atoms with Gasteiger partial charge in [0.2, 0.25) is 5.82 Å². The minimum Gasteiger partial charge on any atom is -0.372 e. The maximum atomic E-state index is 13.4. The normalized spacial score (nSPS) is 12.0. The zero-order valence-electron chi connectivity index (χ0n) is 15.1. The molecule has 0 fully saturated rings. The average Bonchev–Trinajstić information content (AvgIpc) is 3.05. The largest absolute Gasteiger partial charge is 0.449 e. The number of fused-ring (bicyclic) bond motifs is 1. The van der Waals surface area contributed by atoms with Crippen LogP contribution in [0.3, 0.4) is 0 Å². The van der Waals surface area contributed by atoms with Crippen molar-refractivity contribution in [3.8, 4) is 11.8 Å². The minimum atomic E-state index is -5.06. The fourth-order valence-corrected chi connectivity index (χ4v) is 2.58. The molecular formula is C17H16F6N4O2. The van der Waals surface area contributed by atoms with Crippen LogP contribution in [0.5, 0.6) is 0 Å². The third-order valence-electron chi connectivity index (χ3n) is 3.90. The molecule has 0 aliphatic rings. The number of H-pyrrole nitrogens is 1. The molecule has 2 aromatic rings. The van der Waals surface area contributed by atoms with E-state index in [9.17, 15) is 36.5 Å². The average molecular weight is 422 g/mol. The highest BCUT2D eigenvalue weighted by molar-refractivity contribution is 5.97. The molecule has 0 amide bonds. The molecule has 12 heteroatoms. The topological polar surface area (TPSA) is 83.9 Å². The Bertz CT molecular complexity index is 953. The van der Waals surface area contributed by atoms with E-state index in [1.807, 2.05) is 6.92 Å². The van der Waals surface area contributed by atoms with Crippen molar-refractivity contribution in [2.45, 2.75) is 45.0 Å². The summed E-state index contributed by atoms with van der Waals surface area (Å²) in [5.41, 5.74) is -5.04. The monoisotopic (exact) mass is 422 g/mol. The zero-order chi connectivity index (χ0) is 21.8. The van der Waals surface area contributed by atoms with E-state index >= 15 is 0 Å². The van der Waals surface area contributed by atoms with Crippen molar-refractivity contribution >= 4 is 22.4 Å². The Kier molecular flexibility index (Phi) is 6.61. The van der Waals surface area contributed by atoms with Crippen LogP contribution in [0.1, 0.15) is 44.0 Å². The van der Waals surface area contributed by atoms with Gasteiger partial charge in [-0.05, 0) is 6.42 Å². The molecule has 0 atom stereocenters. The maximum absolute atomic E-state index is 13.4. The molecule has 0 aliphatic carbocycles. The second-order valence-corrected chi connectivity index (χ2v) is 6.04. The third kappa shape index (κ3) is 5.30. The second kappa shape index (κ2) is 8.59. The summed E-state index contributed by atoms with van der Waals surface area (Å²) >= 11 is 0. The van der Waals surface area contributed by atoms with E-state index in [0.717, 1.165) is 19.3 Å². The summed E-state index contributed by atoms with van der Waals surface area (Å²) in [6, 6.07) is 0.178. The molecule has 29 heavy (non-hydrogen) atoms. The molecule has 0 aliphatic heterocycles. The number of nitro benzene ring substituents is 1. The highest BCUT2D eigenvalue weighted by Crippen LogP contribution is 2.43. The van der Waals surface area contributed by atoms with Crippen molar-refractivity contribution in [1.82, 2.24) is 9.97 Å². The molecule has 0 radical (unpaired) electrons. The molecule has 6 nitrogen and oxygen atoms in total. The Morgan fingerprint density at radius 3 is 2.41 bits per heavy atom. The Balaban J connectivity index is 2.54. The van der Waals surface area contributed by atoms with Crippen LogP contribution in [0.2, 0.25) is 0 Å². The van der Waals surface area contributed by atoms with Gasteiger partial charge in [-0.25, -0.2) is 4.98 Å². The van der Waals surface area contributed by atoms with Crippen LogP contribution in [-0.4, -0.2) is 21.4 Å². The van der Waals surface area contributed by atoms with Gasteiger partial charge in [0.25, 0.3) is 5.69 Å². The number of non-ortho nitro benzene ring substituents is 1. The fraction of sp³-hybridized carbons (Fsp3) is 0.471. The van der Waals surface area contributed by atoms with Gasteiger partial charge in [-0.1, -0.05) is 25.7 Å². The lowest BCUT2D eigenvalue weighted by molar-refractivity contribution is -0.383. The van der Waals surface area contributed by atoms with Crippen molar-refractivity contribution in [2.24, 2.45) is 0 Å². The lowest BCUT2D eigenvalue weighted by Gasteiger charge is -2.14. The summed E-state index contributed by atoms with van der Waals surface area (Å²) in [6.07, 6.45) is -6.84. The van der Waals surface area contributed by atoms with Crippen LogP contribution in [0.4, 0.5) is 37.7 Å². The molecule has 0 saturated heterocycles. The molecule has 158 valence electrons. The van der Waals surface area contributed by atoms with Gasteiger partial charge in [-0.2, -0.15) is 26.3 Å². The van der Waals surface area contributed by atoms with Crippen molar-refractivity contribution in [3.63, 3.8) is 0 Å². The van der Waals surface area contributed by atoms with Crippen LogP contribution in [-0.2, 0) is 12.4 Å². The number of nitrogens with zero attached hydrogens (tertiary/aromatic N) is 2. The van der Waals surface area contributed by atoms with E-state index < -0.39 is 51.1 Å². The smallest absolute Gasteiger partial charge is 0.372 e. The van der Waals surface area contributed by atoms with Crippen molar-refractivity contribution in [2.75, 3.05) is 11.9 Å². The van der Waals surface area contributed by atoms with Gasteiger partial charge in [0.15, 0.2) is 0 Å². The number of unbranched alkanes of at least 4 members (excludes halogenated alkanes) is 3. The molecule has 0 bridgehead atoms. The van der Waals surface area contributed by atoms with Crippen LogP contribution < -0.4 is 5.32 Å². The van der Waals surface area contributed by atoms with E-state index in [4.69, 9.17) is 0 Å². The number of halogens is 6. The highest BCUT2D eigenvalue weighted by atomic mass is 19.4. The number of imidazole rings is 1. The summed E-state index contributed by atoms with van der Waals surface area (Å²) in [7, 11) is 0. The van der Waals surface area contributed by atoms with Crippen molar-refractivity contribution in [3.05, 3.63) is 27.6 Å². The Morgan fingerprint density at radius 1 is 1.17 bits per heavy atom.